The molecule has 7 heteroatoms. The van der Waals surface area contributed by atoms with E-state index in [1.54, 1.807) is 0 Å². The minimum Gasteiger partial charge on any atom is -0.356 e. The molecule has 0 spiro atoms. The Morgan fingerprint density at radius 1 is 1.17 bits per heavy atom. The van der Waals surface area contributed by atoms with Crippen LogP contribution < -0.4 is 26.8 Å². The number of hydrazine groups is 1. The molecule has 0 aromatic carbocycles. The van der Waals surface area contributed by atoms with Crippen LogP contribution in [0.25, 0.3) is 0 Å². The number of hydrogen-bond acceptors (Lipinski definition) is 7. The van der Waals surface area contributed by atoms with Crippen LogP contribution in [0.2, 0.25) is 0 Å². The second-order valence-corrected chi connectivity index (χ2v) is 8.97. The molecule has 30 heavy (non-hydrogen) atoms. The molecular weight excluding hydrogens is 374 g/mol. The summed E-state index contributed by atoms with van der Waals surface area (Å²) in [7, 11) is 0. The first-order valence-electron chi connectivity index (χ1n) is 11.4. The largest absolute Gasteiger partial charge is 0.356 e. The summed E-state index contributed by atoms with van der Waals surface area (Å²) in [5.41, 5.74) is 15.3. The molecule has 3 aliphatic heterocycles. The first-order valence-corrected chi connectivity index (χ1v) is 11.4. The van der Waals surface area contributed by atoms with Crippen molar-refractivity contribution < 1.29 is 0 Å². The Balaban J connectivity index is 1.32. The van der Waals surface area contributed by atoms with Crippen LogP contribution >= 0.6 is 0 Å². The number of pyridine rings is 2. The minimum absolute atomic E-state index is 0.223. The maximum Gasteiger partial charge on any atom is 0.128 e. The molecule has 0 saturated carbocycles. The lowest BCUT2D eigenvalue weighted by Crippen LogP contribution is -2.46. The summed E-state index contributed by atoms with van der Waals surface area (Å²) < 4.78 is 0. The van der Waals surface area contributed by atoms with Crippen molar-refractivity contribution in [3.63, 3.8) is 0 Å². The summed E-state index contributed by atoms with van der Waals surface area (Å²) in [5, 5.41) is 3.68. The van der Waals surface area contributed by atoms with Crippen LogP contribution in [0.15, 0.2) is 42.7 Å². The monoisotopic (exact) mass is 407 g/mol. The molecule has 5 rings (SSSR count). The van der Waals surface area contributed by atoms with Gasteiger partial charge in [-0.05, 0) is 61.9 Å². The molecule has 2 aromatic heterocycles. The summed E-state index contributed by atoms with van der Waals surface area (Å²) in [6.07, 6.45) is 8.50. The Morgan fingerprint density at radius 2 is 2.13 bits per heavy atom. The second kappa shape index (κ2) is 8.98. The zero-order valence-electron chi connectivity index (χ0n) is 17.5. The first-order chi connectivity index (χ1) is 14.8. The highest BCUT2D eigenvalue weighted by atomic mass is 15.4. The van der Waals surface area contributed by atoms with Crippen LogP contribution in [-0.4, -0.2) is 42.2 Å². The Bertz CT molecular complexity index is 827. The van der Waals surface area contributed by atoms with E-state index in [9.17, 15) is 0 Å². The predicted octanol–water partition coefficient (Wildman–Crippen LogP) is 1.91. The van der Waals surface area contributed by atoms with E-state index < -0.39 is 0 Å². The molecule has 0 bridgehead atoms. The van der Waals surface area contributed by atoms with Crippen molar-refractivity contribution in [3.05, 3.63) is 54.0 Å². The minimum atomic E-state index is 0.223. The molecular formula is C23H33N7. The average molecular weight is 408 g/mol. The molecule has 160 valence electrons. The third-order valence-corrected chi connectivity index (χ3v) is 7.04. The number of anilines is 1. The fraction of sp³-hybridized carbons (Fsp3) is 0.565. The third-order valence-electron chi connectivity index (χ3n) is 7.04. The molecule has 7 nitrogen and oxygen atoms in total. The van der Waals surface area contributed by atoms with E-state index in [1.807, 2.05) is 18.5 Å². The van der Waals surface area contributed by atoms with E-state index in [-0.39, 0.29) is 6.04 Å². The molecule has 5 N–H and O–H groups in total. The highest BCUT2D eigenvalue weighted by Crippen LogP contribution is 2.38. The summed E-state index contributed by atoms with van der Waals surface area (Å²) in [4.78, 5) is 11.9. The molecule has 2 aromatic rings. The van der Waals surface area contributed by atoms with Gasteiger partial charge >= 0.3 is 0 Å². The summed E-state index contributed by atoms with van der Waals surface area (Å²) in [5.74, 6) is 2.29. The van der Waals surface area contributed by atoms with Gasteiger partial charge in [0.15, 0.2) is 0 Å². The highest BCUT2D eigenvalue weighted by Gasteiger charge is 2.42. The average Bonchev–Trinajstić information content (AvgIpc) is 3.23. The van der Waals surface area contributed by atoms with Crippen LogP contribution in [0.5, 0.6) is 0 Å². The lowest BCUT2D eigenvalue weighted by atomic mass is 9.81. The second-order valence-electron chi connectivity index (χ2n) is 8.97. The molecule has 4 unspecified atom stereocenters. The number of fused-ring (bicyclic) bond motifs is 1. The van der Waals surface area contributed by atoms with E-state index in [0.29, 0.717) is 23.9 Å². The SMILES string of the molecule is NCC[C@@H]1CCCN(c2cccc(C3NNC4CNC(c5cccnc5)CC43)n2)C1. The Morgan fingerprint density at radius 3 is 3.00 bits per heavy atom. The Hall–Kier alpha value is -2.06. The van der Waals surface area contributed by atoms with Crippen LogP contribution in [0.3, 0.4) is 0 Å². The molecule has 3 aliphatic rings. The van der Waals surface area contributed by atoms with Gasteiger partial charge in [-0.1, -0.05) is 12.1 Å². The smallest absolute Gasteiger partial charge is 0.128 e. The zero-order chi connectivity index (χ0) is 20.3. The van der Waals surface area contributed by atoms with E-state index in [2.05, 4.69) is 50.3 Å². The molecule has 3 saturated heterocycles. The summed E-state index contributed by atoms with van der Waals surface area (Å²) in [6, 6.07) is 11.7. The number of rotatable bonds is 5. The van der Waals surface area contributed by atoms with Crippen LogP contribution in [-0.2, 0) is 0 Å². The van der Waals surface area contributed by atoms with Crippen molar-refractivity contribution in [2.75, 3.05) is 31.1 Å². The quantitative estimate of drug-likeness (QED) is 0.602. The maximum absolute atomic E-state index is 5.81. The van der Waals surface area contributed by atoms with Crippen molar-refractivity contribution in [2.24, 2.45) is 17.6 Å². The number of piperidine rings is 2. The van der Waals surface area contributed by atoms with Crippen LogP contribution in [0.1, 0.15) is 49.0 Å². The van der Waals surface area contributed by atoms with Gasteiger partial charge in [-0.25, -0.2) is 10.4 Å². The van der Waals surface area contributed by atoms with Crippen molar-refractivity contribution >= 4 is 5.82 Å². The van der Waals surface area contributed by atoms with Gasteiger partial charge in [-0.3, -0.25) is 10.4 Å². The van der Waals surface area contributed by atoms with Gasteiger partial charge in [0.25, 0.3) is 0 Å². The topological polar surface area (TPSA) is 91.1 Å². The van der Waals surface area contributed by atoms with Gasteiger partial charge in [0.05, 0.1) is 11.7 Å². The van der Waals surface area contributed by atoms with Crippen molar-refractivity contribution in [1.29, 1.82) is 0 Å². The Labute approximate surface area is 178 Å². The van der Waals surface area contributed by atoms with Crippen LogP contribution in [0, 0.1) is 11.8 Å². The van der Waals surface area contributed by atoms with Gasteiger partial charge < -0.3 is 16.0 Å². The number of hydrogen-bond donors (Lipinski definition) is 4. The molecule has 5 atom stereocenters. The van der Waals surface area contributed by atoms with Gasteiger partial charge in [0, 0.05) is 50.0 Å². The molecule has 0 radical (unpaired) electrons. The van der Waals surface area contributed by atoms with Gasteiger partial charge in [-0.2, -0.15) is 0 Å². The van der Waals surface area contributed by atoms with Gasteiger partial charge in [0.2, 0.25) is 0 Å². The highest BCUT2D eigenvalue weighted by molar-refractivity contribution is 5.40. The number of nitrogens with zero attached hydrogens (tertiary/aromatic N) is 3. The fourth-order valence-electron chi connectivity index (χ4n) is 5.43. The lowest BCUT2D eigenvalue weighted by Gasteiger charge is -2.35. The normalized spacial score (nSPS) is 31.5. The Kier molecular flexibility index (Phi) is 5.95. The van der Waals surface area contributed by atoms with E-state index in [1.165, 1.54) is 18.4 Å². The predicted molar refractivity (Wildman–Crippen MR) is 119 cm³/mol. The third kappa shape index (κ3) is 4.07. The number of nitrogens with two attached hydrogens (primary N) is 1. The molecule has 5 heterocycles. The van der Waals surface area contributed by atoms with E-state index in [4.69, 9.17) is 10.7 Å². The number of aromatic nitrogens is 2. The zero-order valence-corrected chi connectivity index (χ0v) is 17.5. The molecule has 0 amide bonds. The summed E-state index contributed by atoms with van der Waals surface area (Å²) in [6.45, 7) is 3.88. The van der Waals surface area contributed by atoms with Gasteiger partial charge in [-0.15, -0.1) is 0 Å². The van der Waals surface area contributed by atoms with Crippen LogP contribution in [0.4, 0.5) is 5.82 Å². The number of nitrogens with one attached hydrogen (secondary N) is 3. The standard InChI is InChI=1S/C23H33N7/c24-9-8-16-4-3-11-30(15-16)22-7-1-6-19(27-22)23-18-12-20(17-5-2-10-25-13-17)26-14-21(18)28-29-23/h1-2,5-7,10,13,16,18,20-21,23,26,28-29H,3-4,8-9,11-12,14-15,24H2/t16-,18?,20?,21?,23?/m0/s1. The van der Waals surface area contributed by atoms with Crippen molar-refractivity contribution in [3.8, 4) is 0 Å². The van der Waals surface area contributed by atoms with E-state index in [0.717, 1.165) is 50.5 Å². The van der Waals surface area contributed by atoms with Gasteiger partial charge in [0.1, 0.15) is 5.82 Å². The molecule has 0 aliphatic carbocycles. The van der Waals surface area contributed by atoms with E-state index >= 15 is 0 Å². The van der Waals surface area contributed by atoms with Crippen molar-refractivity contribution in [1.82, 2.24) is 26.1 Å². The maximum atomic E-state index is 5.81. The summed E-state index contributed by atoms with van der Waals surface area (Å²) >= 11 is 0. The lowest BCUT2D eigenvalue weighted by molar-refractivity contribution is 0.265. The molecule has 3 fully saturated rings. The van der Waals surface area contributed by atoms with Crippen molar-refractivity contribution in [2.45, 2.75) is 43.8 Å². The fourth-order valence-corrected chi connectivity index (χ4v) is 5.43. The first kappa shape index (κ1) is 19.9.